The normalized spacial score (nSPS) is 15.8. The van der Waals surface area contributed by atoms with Crippen molar-refractivity contribution < 1.29 is 9.53 Å². The van der Waals surface area contributed by atoms with Crippen LogP contribution in [0.3, 0.4) is 0 Å². The van der Waals surface area contributed by atoms with E-state index in [-0.39, 0.29) is 17.9 Å². The highest BCUT2D eigenvalue weighted by Crippen LogP contribution is 2.26. The van der Waals surface area contributed by atoms with Gasteiger partial charge in [-0.3, -0.25) is 9.69 Å². The molecule has 4 rings (SSSR count). The van der Waals surface area contributed by atoms with Gasteiger partial charge in [0.15, 0.2) is 0 Å². The average Bonchev–Trinajstić information content (AvgIpc) is 2.85. The second-order valence-corrected chi connectivity index (χ2v) is 8.62. The number of rotatable bonds is 8. The largest absolute Gasteiger partial charge is 0.492 e. The van der Waals surface area contributed by atoms with Gasteiger partial charge < -0.3 is 10.1 Å². The number of likely N-dealkylation sites (tertiary alicyclic amines) is 1. The number of piperidine rings is 1. The summed E-state index contributed by atoms with van der Waals surface area (Å²) in [6.45, 7) is 3.36. The number of nitrogens with zero attached hydrogens (tertiary/aromatic N) is 1. The molecule has 1 fully saturated rings. The van der Waals surface area contributed by atoms with E-state index in [1.807, 2.05) is 72.8 Å². The van der Waals surface area contributed by atoms with E-state index < -0.39 is 0 Å². The number of benzene rings is 3. The molecule has 1 saturated heterocycles. The first-order chi connectivity index (χ1) is 15.7. The zero-order valence-corrected chi connectivity index (χ0v) is 18.9. The molecule has 0 spiro atoms. The van der Waals surface area contributed by atoms with Crippen molar-refractivity contribution in [1.29, 1.82) is 0 Å². The van der Waals surface area contributed by atoms with Gasteiger partial charge in [0.2, 0.25) is 5.91 Å². The molecule has 0 bridgehead atoms. The van der Waals surface area contributed by atoms with Crippen LogP contribution < -0.4 is 10.1 Å². The Balaban J connectivity index is 1.31. The lowest BCUT2D eigenvalue weighted by molar-refractivity contribution is -0.127. The number of ether oxygens (including phenoxy) is 1. The standard InChI is InChI=1S/C27H29ClN2O2/c28-24-13-11-22(12-14-24)26(21-7-3-1-4-8-21)29-27(31)23-15-17-30(18-16-23)19-20-32-25-9-5-2-6-10-25/h1-14,23,26H,15-20H2,(H,29,31)/t26-/m0/s1. The van der Waals surface area contributed by atoms with E-state index in [4.69, 9.17) is 16.3 Å². The molecule has 3 aromatic carbocycles. The molecule has 166 valence electrons. The van der Waals surface area contributed by atoms with E-state index in [0.717, 1.165) is 49.4 Å². The van der Waals surface area contributed by atoms with E-state index in [0.29, 0.717) is 11.6 Å². The van der Waals surface area contributed by atoms with Crippen LogP contribution in [0.1, 0.15) is 30.0 Å². The fraction of sp³-hybridized carbons (Fsp3) is 0.296. The summed E-state index contributed by atoms with van der Waals surface area (Å²) in [6.07, 6.45) is 1.72. The van der Waals surface area contributed by atoms with Gasteiger partial charge in [-0.2, -0.15) is 0 Å². The number of carbonyl (C=O) groups is 1. The predicted molar refractivity (Wildman–Crippen MR) is 129 cm³/mol. The topological polar surface area (TPSA) is 41.6 Å². The summed E-state index contributed by atoms with van der Waals surface area (Å²) in [4.78, 5) is 15.5. The first kappa shape index (κ1) is 22.4. The minimum atomic E-state index is -0.182. The molecule has 1 heterocycles. The number of amides is 1. The van der Waals surface area contributed by atoms with E-state index in [1.54, 1.807) is 0 Å². The van der Waals surface area contributed by atoms with Crippen molar-refractivity contribution in [3.63, 3.8) is 0 Å². The summed E-state index contributed by atoms with van der Waals surface area (Å²) in [6, 6.07) is 27.5. The lowest BCUT2D eigenvalue weighted by atomic mass is 9.93. The van der Waals surface area contributed by atoms with Crippen molar-refractivity contribution in [2.45, 2.75) is 18.9 Å². The highest BCUT2D eigenvalue weighted by Gasteiger charge is 2.27. The van der Waals surface area contributed by atoms with Crippen LogP contribution in [-0.2, 0) is 4.79 Å². The van der Waals surface area contributed by atoms with E-state index in [2.05, 4.69) is 22.3 Å². The summed E-state index contributed by atoms with van der Waals surface area (Å²) in [5, 5.41) is 3.98. The number of nitrogens with one attached hydrogen (secondary N) is 1. The number of halogens is 1. The fourth-order valence-corrected chi connectivity index (χ4v) is 4.27. The van der Waals surface area contributed by atoms with E-state index >= 15 is 0 Å². The highest BCUT2D eigenvalue weighted by atomic mass is 35.5. The molecule has 1 aliphatic heterocycles. The monoisotopic (exact) mass is 448 g/mol. The maximum absolute atomic E-state index is 13.1. The van der Waals surface area contributed by atoms with Gasteiger partial charge in [0.05, 0.1) is 6.04 Å². The second-order valence-electron chi connectivity index (χ2n) is 8.18. The highest BCUT2D eigenvalue weighted by molar-refractivity contribution is 6.30. The van der Waals surface area contributed by atoms with Gasteiger partial charge in [0.25, 0.3) is 0 Å². The molecule has 3 aromatic rings. The van der Waals surface area contributed by atoms with Crippen molar-refractivity contribution >= 4 is 17.5 Å². The number of carbonyl (C=O) groups excluding carboxylic acids is 1. The van der Waals surface area contributed by atoms with E-state index in [1.165, 1.54) is 0 Å². The van der Waals surface area contributed by atoms with Gasteiger partial charge in [-0.05, 0) is 61.3 Å². The van der Waals surface area contributed by atoms with Crippen molar-refractivity contribution in [2.24, 2.45) is 5.92 Å². The molecule has 1 atom stereocenters. The van der Waals surface area contributed by atoms with Gasteiger partial charge in [-0.15, -0.1) is 0 Å². The molecule has 32 heavy (non-hydrogen) atoms. The second kappa shape index (κ2) is 11.2. The molecule has 0 aromatic heterocycles. The summed E-state index contributed by atoms with van der Waals surface area (Å²) in [5.41, 5.74) is 2.10. The Morgan fingerprint density at radius 2 is 1.50 bits per heavy atom. The van der Waals surface area contributed by atoms with Crippen LogP contribution in [0.4, 0.5) is 0 Å². The van der Waals surface area contributed by atoms with Crippen LogP contribution in [0.25, 0.3) is 0 Å². The molecule has 5 heteroatoms. The summed E-state index contributed by atoms with van der Waals surface area (Å²) < 4.78 is 5.81. The molecular weight excluding hydrogens is 420 g/mol. The summed E-state index contributed by atoms with van der Waals surface area (Å²) in [7, 11) is 0. The molecule has 4 nitrogen and oxygen atoms in total. The maximum atomic E-state index is 13.1. The lowest BCUT2D eigenvalue weighted by Gasteiger charge is -2.32. The van der Waals surface area contributed by atoms with Gasteiger partial charge in [-0.1, -0.05) is 72.3 Å². The van der Waals surface area contributed by atoms with Gasteiger partial charge in [0.1, 0.15) is 12.4 Å². The quantitative estimate of drug-likeness (QED) is 0.506. The number of para-hydroxylation sites is 1. The Morgan fingerprint density at radius 3 is 2.16 bits per heavy atom. The van der Waals surface area contributed by atoms with Crippen molar-refractivity contribution in [3.8, 4) is 5.75 Å². The van der Waals surface area contributed by atoms with Crippen LogP contribution in [0.5, 0.6) is 5.75 Å². The average molecular weight is 449 g/mol. The predicted octanol–water partition coefficient (Wildman–Crippen LogP) is 5.34. The Labute approximate surface area is 195 Å². The Hall–Kier alpha value is -2.82. The Bertz CT molecular complexity index is 972. The Kier molecular flexibility index (Phi) is 7.81. The third-order valence-electron chi connectivity index (χ3n) is 6.00. The zero-order chi connectivity index (χ0) is 22.2. The number of hydrogen-bond donors (Lipinski definition) is 1. The maximum Gasteiger partial charge on any atom is 0.223 e. The van der Waals surface area contributed by atoms with Gasteiger partial charge in [-0.25, -0.2) is 0 Å². The van der Waals surface area contributed by atoms with Crippen LogP contribution in [0.15, 0.2) is 84.9 Å². The van der Waals surface area contributed by atoms with E-state index in [9.17, 15) is 4.79 Å². The van der Waals surface area contributed by atoms with Gasteiger partial charge in [0, 0.05) is 17.5 Å². The minimum absolute atomic E-state index is 0.0276. The Morgan fingerprint density at radius 1 is 0.906 bits per heavy atom. The molecule has 1 N–H and O–H groups in total. The third kappa shape index (κ3) is 6.12. The molecule has 0 radical (unpaired) electrons. The van der Waals surface area contributed by atoms with Crippen LogP contribution in [0.2, 0.25) is 5.02 Å². The SMILES string of the molecule is O=C(N[C@@H](c1ccccc1)c1ccc(Cl)cc1)C1CCN(CCOc2ccccc2)CC1. The first-order valence-corrected chi connectivity index (χ1v) is 11.6. The molecule has 0 unspecified atom stereocenters. The molecule has 1 aliphatic rings. The molecule has 0 aliphatic carbocycles. The third-order valence-corrected chi connectivity index (χ3v) is 6.25. The fourth-order valence-electron chi connectivity index (χ4n) is 4.15. The van der Waals surface area contributed by atoms with Crippen molar-refractivity contribution in [1.82, 2.24) is 10.2 Å². The summed E-state index contributed by atoms with van der Waals surface area (Å²) in [5.74, 6) is 1.05. The zero-order valence-electron chi connectivity index (χ0n) is 18.1. The smallest absolute Gasteiger partial charge is 0.223 e. The van der Waals surface area contributed by atoms with Crippen LogP contribution in [-0.4, -0.2) is 37.0 Å². The summed E-state index contributed by atoms with van der Waals surface area (Å²) >= 11 is 6.07. The molecule has 1 amide bonds. The lowest BCUT2D eigenvalue weighted by Crippen LogP contribution is -2.42. The van der Waals surface area contributed by atoms with Crippen molar-refractivity contribution in [2.75, 3.05) is 26.2 Å². The van der Waals surface area contributed by atoms with Crippen LogP contribution >= 0.6 is 11.6 Å². The number of hydrogen-bond acceptors (Lipinski definition) is 3. The first-order valence-electron chi connectivity index (χ1n) is 11.2. The minimum Gasteiger partial charge on any atom is -0.492 e. The molecule has 0 saturated carbocycles. The van der Waals surface area contributed by atoms with Gasteiger partial charge >= 0.3 is 0 Å². The van der Waals surface area contributed by atoms with Crippen molar-refractivity contribution in [3.05, 3.63) is 101 Å². The molecular formula is C27H29ClN2O2. The van der Waals surface area contributed by atoms with Crippen LogP contribution in [0, 0.1) is 5.92 Å².